The number of carbonyl (C=O) groups excluding carboxylic acids is 3. The Kier molecular flexibility index (Phi) is 2.88. The van der Waals surface area contributed by atoms with E-state index in [1.165, 1.54) is 0 Å². The molecule has 0 atom stereocenters. The van der Waals surface area contributed by atoms with Gasteiger partial charge in [0.05, 0.1) is 17.5 Å². The third-order valence-corrected chi connectivity index (χ3v) is 2.52. The second-order valence-corrected chi connectivity index (χ2v) is 3.52. The van der Waals surface area contributed by atoms with Gasteiger partial charge in [0.25, 0.3) is 11.8 Å². The number of rotatable bonds is 3. The zero-order valence-electron chi connectivity index (χ0n) is 8.75. The van der Waals surface area contributed by atoms with Crippen LogP contribution in [0.25, 0.3) is 0 Å². The smallest absolute Gasteiger partial charge is 0.301 e. The van der Waals surface area contributed by atoms with Crippen molar-refractivity contribution in [3.8, 4) is 0 Å². The molecule has 0 radical (unpaired) electrons. The fraction of sp³-hybridized carbons (Fsp3) is 0.182. The van der Waals surface area contributed by atoms with Crippen LogP contribution in [-0.4, -0.2) is 34.5 Å². The minimum atomic E-state index is -0.887. The highest BCUT2D eigenvalue weighted by atomic mass is 17.1. The molecule has 0 spiro atoms. The second kappa shape index (κ2) is 4.34. The van der Waals surface area contributed by atoms with Gasteiger partial charge in [-0.15, -0.1) is 0 Å². The largest absolute Gasteiger partial charge is 0.343 e. The summed E-state index contributed by atoms with van der Waals surface area (Å²) >= 11 is 0. The summed E-state index contributed by atoms with van der Waals surface area (Å²) in [6.07, 6.45) is -0.234. The Morgan fingerprint density at radius 1 is 1.18 bits per heavy atom. The summed E-state index contributed by atoms with van der Waals surface area (Å²) in [7, 11) is 0. The van der Waals surface area contributed by atoms with Crippen molar-refractivity contribution in [3.63, 3.8) is 0 Å². The topological polar surface area (TPSA) is 83.9 Å². The summed E-state index contributed by atoms with van der Waals surface area (Å²) in [6, 6.07) is 6.44. The van der Waals surface area contributed by atoms with Crippen LogP contribution < -0.4 is 0 Å². The molecule has 0 saturated heterocycles. The van der Waals surface area contributed by atoms with Crippen molar-refractivity contribution in [2.24, 2.45) is 0 Å². The lowest BCUT2D eigenvalue weighted by atomic mass is 10.1. The molecule has 6 heteroatoms. The molecule has 2 amide bonds. The zero-order chi connectivity index (χ0) is 12.4. The molecule has 2 rings (SSSR count). The van der Waals surface area contributed by atoms with Crippen molar-refractivity contribution in [3.05, 3.63) is 35.4 Å². The van der Waals surface area contributed by atoms with Crippen molar-refractivity contribution >= 4 is 17.8 Å². The van der Waals surface area contributed by atoms with E-state index in [4.69, 9.17) is 5.26 Å². The molecule has 0 aromatic heterocycles. The minimum Gasteiger partial charge on any atom is -0.301 e. The van der Waals surface area contributed by atoms with E-state index in [9.17, 15) is 14.4 Å². The highest BCUT2D eigenvalue weighted by molar-refractivity contribution is 6.21. The molecule has 0 aliphatic carbocycles. The predicted molar refractivity (Wildman–Crippen MR) is 55.1 cm³/mol. The average Bonchev–Trinajstić information content (AvgIpc) is 2.60. The first-order valence-electron chi connectivity index (χ1n) is 4.94. The molecule has 88 valence electrons. The van der Waals surface area contributed by atoms with E-state index < -0.39 is 17.8 Å². The third kappa shape index (κ3) is 1.90. The maximum atomic E-state index is 11.8. The predicted octanol–water partition coefficient (Wildman–Crippen LogP) is 0.689. The Hall–Kier alpha value is -2.21. The van der Waals surface area contributed by atoms with E-state index in [1.54, 1.807) is 24.3 Å². The Balaban J connectivity index is 2.16. The fourth-order valence-electron chi connectivity index (χ4n) is 1.69. The lowest BCUT2D eigenvalue weighted by molar-refractivity contribution is -0.234. The van der Waals surface area contributed by atoms with Gasteiger partial charge in [-0.3, -0.25) is 14.5 Å². The number of imide groups is 1. The summed E-state index contributed by atoms with van der Waals surface area (Å²) in [6.45, 7) is -0.105. The zero-order valence-corrected chi connectivity index (χ0v) is 8.75. The standard InChI is InChI=1S/C11H9NO5/c13-9(17-16)5-6-12-10(14)7-3-1-2-4-8(7)11(12)15/h1-4,16H,5-6H2. The van der Waals surface area contributed by atoms with Gasteiger partial charge >= 0.3 is 5.97 Å². The summed E-state index contributed by atoms with van der Waals surface area (Å²) in [5, 5.41) is 8.08. The van der Waals surface area contributed by atoms with Crippen molar-refractivity contribution in [1.82, 2.24) is 4.90 Å². The van der Waals surface area contributed by atoms with Crippen molar-refractivity contribution in [1.29, 1.82) is 0 Å². The Morgan fingerprint density at radius 2 is 1.71 bits per heavy atom. The van der Waals surface area contributed by atoms with Gasteiger partial charge in [-0.1, -0.05) is 12.1 Å². The molecule has 0 fully saturated rings. The van der Waals surface area contributed by atoms with E-state index >= 15 is 0 Å². The van der Waals surface area contributed by atoms with E-state index in [-0.39, 0.29) is 13.0 Å². The van der Waals surface area contributed by atoms with Crippen LogP contribution >= 0.6 is 0 Å². The summed E-state index contributed by atoms with van der Waals surface area (Å²) in [5.74, 6) is -1.76. The third-order valence-electron chi connectivity index (χ3n) is 2.52. The monoisotopic (exact) mass is 235 g/mol. The number of carbonyl (C=O) groups is 3. The SMILES string of the molecule is O=C(CCN1C(=O)c2ccccc2C1=O)OO. The molecule has 0 saturated carbocycles. The normalized spacial score (nSPS) is 13.8. The van der Waals surface area contributed by atoms with Gasteiger partial charge in [0, 0.05) is 6.54 Å². The average molecular weight is 235 g/mol. The molecule has 1 heterocycles. The molecule has 1 aromatic rings. The molecule has 0 bridgehead atoms. The molecule has 1 N–H and O–H groups in total. The summed E-state index contributed by atoms with van der Waals surface area (Å²) in [4.78, 5) is 38.8. The first kappa shape index (κ1) is 11.3. The van der Waals surface area contributed by atoms with E-state index in [1.807, 2.05) is 0 Å². The molecular formula is C11H9NO5. The Bertz CT molecular complexity index is 461. The van der Waals surface area contributed by atoms with Gasteiger partial charge in [-0.2, -0.15) is 5.26 Å². The molecule has 1 aliphatic heterocycles. The first-order chi connectivity index (χ1) is 8.15. The molecule has 17 heavy (non-hydrogen) atoms. The van der Waals surface area contributed by atoms with Gasteiger partial charge in [0.15, 0.2) is 0 Å². The maximum absolute atomic E-state index is 11.8. The minimum absolute atomic E-state index is 0.105. The van der Waals surface area contributed by atoms with Crippen LogP contribution in [0.15, 0.2) is 24.3 Å². The van der Waals surface area contributed by atoms with E-state index in [0.29, 0.717) is 11.1 Å². The fourth-order valence-corrected chi connectivity index (χ4v) is 1.69. The van der Waals surface area contributed by atoms with Gasteiger partial charge in [0.2, 0.25) is 0 Å². The van der Waals surface area contributed by atoms with Crippen molar-refractivity contribution < 1.29 is 24.5 Å². The number of nitrogens with zero attached hydrogens (tertiary/aromatic N) is 1. The number of fused-ring (bicyclic) bond motifs is 1. The Labute approximate surface area is 96.3 Å². The number of amides is 2. The quantitative estimate of drug-likeness (QED) is 0.473. The van der Waals surface area contributed by atoms with Crippen LogP contribution in [0.3, 0.4) is 0 Å². The van der Waals surface area contributed by atoms with Gasteiger partial charge in [-0.05, 0) is 12.1 Å². The molecule has 6 nitrogen and oxygen atoms in total. The molecule has 0 unspecified atom stereocenters. The molecule has 1 aliphatic rings. The maximum Gasteiger partial charge on any atom is 0.343 e. The highest BCUT2D eigenvalue weighted by Gasteiger charge is 2.35. The Morgan fingerprint density at radius 3 is 2.18 bits per heavy atom. The van der Waals surface area contributed by atoms with Gasteiger partial charge in [0.1, 0.15) is 0 Å². The van der Waals surface area contributed by atoms with Gasteiger partial charge in [-0.25, -0.2) is 4.79 Å². The van der Waals surface area contributed by atoms with E-state index in [2.05, 4.69) is 4.89 Å². The van der Waals surface area contributed by atoms with Crippen LogP contribution in [0.2, 0.25) is 0 Å². The lowest BCUT2D eigenvalue weighted by Gasteiger charge is -2.11. The van der Waals surface area contributed by atoms with Crippen molar-refractivity contribution in [2.45, 2.75) is 6.42 Å². The molecule has 1 aromatic carbocycles. The highest BCUT2D eigenvalue weighted by Crippen LogP contribution is 2.22. The van der Waals surface area contributed by atoms with Gasteiger partial charge < -0.3 is 4.89 Å². The summed E-state index contributed by atoms with van der Waals surface area (Å²) in [5.41, 5.74) is 0.657. The van der Waals surface area contributed by atoms with Crippen molar-refractivity contribution in [2.75, 3.05) is 6.54 Å². The number of hydrogen-bond donors (Lipinski definition) is 1. The lowest BCUT2D eigenvalue weighted by Crippen LogP contribution is -2.32. The number of hydrogen-bond acceptors (Lipinski definition) is 5. The van der Waals surface area contributed by atoms with Crippen LogP contribution in [-0.2, 0) is 9.68 Å². The molecular weight excluding hydrogens is 226 g/mol. The van der Waals surface area contributed by atoms with Crippen LogP contribution in [0.5, 0.6) is 0 Å². The number of benzene rings is 1. The second-order valence-electron chi connectivity index (χ2n) is 3.52. The van der Waals surface area contributed by atoms with Crippen LogP contribution in [0.4, 0.5) is 0 Å². The summed E-state index contributed by atoms with van der Waals surface area (Å²) < 4.78 is 0. The van der Waals surface area contributed by atoms with Crippen LogP contribution in [0, 0.1) is 0 Å². The van der Waals surface area contributed by atoms with E-state index in [0.717, 1.165) is 4.90 Å². The first-order valence-corrected chi connectivity index (χ1v) is 4.94. The van der Waals surface area contributed by atoms with Crippen LogP contribution in [0.1, 0.15) is 27.1 Å².